The first-order valence-electron chi connectivity index (χ1n) is 7.62. The molecule has 0 atom stereocenters. The maximum Gasteiger partial charge on any atom is 0.243 e. The molecule has 23 heavy (non-hydrogen) atoms. The zero-order chi connectivity index (χ0) is 16.3. The van der Waals surface area contributed by atoms with Crippen LogP contribution in [0.5, 0.6) is 5.75 Å². The van der Waals surface area contributed by atoms with Crippen LogP contribution in [0.25, 0.3) is 0 Å². The van der Waals surface area contributed by atoms with Crippen molar-refractivity contribution in [1.29, 1.82) is 0 Å². The SMILES string of the molecule is O=S(=O)(c1ccccc1)N1CCN(Cc2ccccc2O)CC1. The molecule has 0 spiro atoms. The first-order valence-corrected chi connectivity index (χ1v) is 9.06. The van der Waals surface area contributed by atoms with Crippen LogP contribution in [-0.2, 0) is 16.6 Å². The number of nitrogens with zero attached hydrogens (tertiary/aromatic N) is 2. The smallest absolute Gasteiger partial charge is 0.243 e. The number of rotatable bonds is 4. The molecular weight excluding hydrogens is 312 g/mol. The molecule has 0 aliphatic carbocycles. The van der Waals surface area contributed by atoms with Crippen LogP contribution >= 0.6 is 0 Å². The molecule has 0 aromatic heterocycles. The summed E-state index contributed by atoms with van der Waals surface area (Å²) in [6.45, 7) is 2.86. The Kier molecular flexibility index (Phi) is 4.66. The molecule has 5 nitrogen and oxygen atoms in total. The summed E-state index contributed by atoms with van der Waals surface area (Å²) in [4.78, 5) is 2.50. The highest BCUT2D eigenvalue weighted by atomic mass is 32.2. The summed E-state index contributed by atoms with van der Waals surface area (Å²) in [5, 5.41) is 9.84. The van der Waals surface area contributed by atoms with Crippen LogP contribution in [0.2, 0.25) is 0 Å². The van der Waals surface area contributed by atoms with E-state index < -0.39 is 10.0 Å². The van der Waals surface area contributed by atoms with E-state index in [-0.39, 0.29) is 5.75 Å². The molecular formula is C17H20N2O3S. The largest absolute Gasteiger partial charge is 0.508 e. The minimum Gasteiger partial charge on any atom is -0.508 e. The molecule has 6 heteroatoms. The van der Waals surface area contributed by atoms with Crippen LogP contribution in [0.3, 0.4) is 0 Å². The van der Waals surface area contributed by atoms with Crippen molar-refractivity contribution in [1.82, 2.24) is 9.21 Å². The van der Waals surface area contributed by atoms with Crippen LogP contribution in [0.1, 0.15) is 5.56 Å². The lowest BCUT2D eigenvalue weighted by Crippen LogP contribution is -2.48. The monoisotopic (exact) mass is 332 g/mol. The number of aromatic hydroxyl groups is 1. The molecule has 3 rings (SSSR count). The molecule has 1 aliphatic heterocycles. The summed E-state index contributed by atoms with van der Waals surface area (Å²) in [5.74, 6) is 0.284. The number of para-hydroxylation sites is 1. The number of phenols is 1. The summed E-state index contributed by atoms with van der Waals surface area (Å²) in [7, 11) is -3.41. The van der Waals surface area contributed by atoms with Crippen molar-refractivity contribution < 1.29 is 13.5 Å². The van der Waals surface area contributed by atoms with Crippen LogP contribution in [-0.4, -0.2) is 48.9 Å². The second kappa shape index (κ2) is 6.70. The fraction of sp³-hybridized carbons (Fsp3) is 0.294. The van der Waals surface area contributed by atoms with E-state index >= 15 is 0 Å². The van der Waals surface area contributed by atoms with Gasteiger partial charge in [0, 0.05) is 38.3 Å². The van der Waals surface area contributed by atoms with Crippen molar-refractivity contribution in [3.05, 3.63) is 60.2 Å². The lowest BCUT2D eigenvalue weighted by molar-refractivity contribution is 0.180. The Balaban J connectivity index is 1.64. The fourth-order valence-electron chi connectivity index (χ4n) is 2.75. The first-order chi connectivity index (χ1) is 11.1. The molecule has 1 fully saturated rings. The lowest BCUT2D eigenvalue weighted by atomic mass is 10.2. The van der Waals surface area contributed by atoms with Gasteiger partial charge in [0.15, 0.2) is 0 Å². The number of hydrogen-bond acceptors (Lipinski definition) is 4. The zero-order valence-corrected chi connectivity index (χ0v) is 13.6. The number of hydrogen-bond donors (Lipinski definition) is 1. The van der Waals surface area contributed by atoms with Crippen molar-refractivity contribution in [2.45, 2.75) is 11.4 Å². The Morgan fingerprint density at radius 3 is 2.13 bits per heavy atom. The Morgan fingerprint density at radius 2 is 1.48 bits per heavy atom. The van der Waals surface area contributed by atoms with Crippen molar-refractivity contribution in [2.75, 3.05) is 26.2 Å². The van der Waals surface area contributed by atoms with E-state index in [0.29, 0.717) is 37.6 Å². The number of piperazine rings is 1. The molecule has 1 saturated heterocycles. The third-order valence-electron chi connectivity index (χ3n) is 4.10. The molecule has 1 aliphatic rings. The van der Waals surface area contributed by atoms with Gasteiger partial charge in [-0.15, -0.1) is 0 Å². The van der Waals surface area contributed by atoms with Gasteiger partial charge in [-0.1, -0.05) is 36.4 Å². The number of sulfonamides is 1. The van der Waals surface area contributed by atoms with E-state index in [0.717, 1.165) is 5.56 Å². The van der Waals surface area contributed by atoms with E-state index in [2.05, 4.69) is 4.90 Å². The standard InChI is InChI=1S/C17H20N2O3S/c20-17-9-5-4-6-15(17)14-18-10-12-19(13-11-18)23(21,22)16-7-2-1-3-8-16/h1-9,20H,10-14H2. The van der Waals surface area contributed by atoms with Crippen LogP contribution in [0.15, 0.2) is 59.5 Å². The molecule has 0 radical (unpaired) electrons. The number of phenolic OH excluding ortho intramolecular Hbond substituents is 1. The van der Waals surface area contributed by atoms with Gasteiger partial charge in [0.05, 0.1) is 4.90 Å². The van der Waals surface area contributed by atoms with Crippen LogP contribution < -0.4 is 0 Å². The van der Waals surface area contributed by atoms with Crippen molar-refractivity contribution in [3.8, 4) is 5.75 Å². The van der Waals surface area contributed by atoms with Gasteiger partial charge >= 0.3 is 0 Å². The minimum atomic E-state index is -3.41. The molecule has 2 aromatic rings. The molecule has 1 N–H and O–H groups in total. The average Bonchev–Trinajstić information content (AvgIpc) is 2.58. The van der Waals surface area contributed by atoms with Crippen LogP contribution in [0, 0.1) is 0 Å². The maximum absolute atomic E-state index is 12.6. The van der Waals surface area contributed by atoms with Crippen molar-refractivity contribution >= 4 is 10.0 Å². The summed E-state index contributed by atoms with van der Waals surface area (Å²) < 4.78 is 26.7. The predicted molar refractivity (Wildman–Crippen MR) is 88.6 cm³/mol. The topological polar surface area (TPSA) is 60.9 Å². The van der Waals surface area contributed by atoms with Gasteiger partial charge in [-0.25, -0.2) is 8.42 Å². The fourth-order valence-corrected chi connectivity index (χ4v) is 4.20. The molecule has 0 amide bonds. The Hall–Kier alpha value is -1.89. The van der Waals surface area contributed by atoms with Crippen molar-refractivity contribution in [2.24, 2.45) is 0 Å². The average molecular weight is 332 g/mol. The van der Waals surface area contributed by atoms with Gasteiger partial charge in [0.1, 0.15) is 5.75 Å². The normalized spacial score (nSPS) is 17.2. The zero-order valence-electron chi connectivity index (χ0n) is 12.8. The lowest BCUT2D eigenvalue weighted by Gasteiger charge is -2.34. The predicted octanol–water partition coefficient (Wildman–Crippen LogP) is 1.90. The molecule has 0 saturated carbocycles. The van der Waals surface area contributed by atoms with Gasteiger partial charge in [-0.05, 0) is 18.2 Å². The quantitative estimate of drug-likeness (QED) is 0.929. The Bertz CT molecular complexity index is 754. The van der Waals surface area contributed by atoms with E-state index in [9.17, 15) is 13.5 Å². The molecule has 0 unspecified atom stereocenters. The van der Waals surface area contributed by atoms with E-state index in [1.807, 2.05) is 18.2 Å². The Labute approximate surface area is 136 Å². The summed E-state index contributed by atoms with van der Waals surface area (Å²) >= 11 is 0. The van der Waals surface area contributed by atoms with Gasteiger partial charge in [-0.2, -0.15) is 4.31 Å². The molecule has 1 heterocycles. The maximum atomic E-state index is 12.6. The van der Waals surface area contributed by atoms with Gasteiger partial charge < -0.3 is 5.11 Å². The summed E-state index contributed by atoms with van der Waals surface area (Å²) in [5.41, 5.74) is 0.867. The number of benzene rings is 2. The van der Waals surface area contributed by atoms with Crippen LogP contribution in [0.4, 0.5) is 0 Å². The second-order valence-electron chi connectivity index (χ2n) is 5.62. The second-order valence-corrected chi connectivity index (χ2v) is 7.56. The third kappa shape index (κ3) is 3.55. The van der Waals surface area contributed by atoms with E-state index in [4.69, 9.17) is 0 Å². The van der Waals surface area contributed by atoms with Gasteiger partial charge in [-0.3, -0.25) is 4.90 Å². The highest BCUT2D eigenvalue weighted by Gasteiger charge is 2.28. The molecule has 122 valence electrons. The van der Waals surface area contributed by atoms with E-state index in [1.165, 1.54) is 4.31 Å². The first kappa shape index (κ1) is 16.0. The third-order valence-corrected chi connectivity index (χ3v) is 6.01. The van der Waals surface area contributed by atoms with E-state index in [1.54, 1.807) is 36.4 Å². The minimum absolute atomic E-state index is 0.284. The summed E-state index contributed by atoms with van der Waals surface area (Å²) in [6, 6.07) is 15.8. The molecule has 0 bridgehead atoms. The molecule has 2 aromatic carbocycles. The highest BCUT2D eigenvalue weighted by molar-refractivity contribution is 7.89. The Morgan fingerprint density at radius 1 is 0.870 bits per heavy atom. The highest BCUT2D eigenvalue weighted by Crippen LogP contribution is 2.21. The van der Waals surface area contributed by atoms with Crippen molar-refractivity contribution in [3.63, 3.8) is 0 Å². The van der Waals surface area contributed by atoms with Gasteiger partial charge in [0.2, 0.25) is 10.0 Å². The summed E-state index contributed by atoms with van der Waals surface area (Å²) in [6.07, 6.45) is 0. The van der Waals surface area contributed by atoms with Gasteiger partial charge in [0.25, 0.3) is 0 Å².